The number of hydrogen-bond acceptors (Lipinski definition) is 1. The lowest BCUT2D eigenvalue weighted by Gasteiger charge is -2.29. The molecule has 2 rings (SSSR count). The van der Waals surface area contributed by atoms with Gasteiger partial charge in [-0.1, -0.05) is 31.4 Å². The molecule has 16 heavy (non-hydrogen) atoms. The third-order valence-corrected chi connectivity index (χ3v) is 3.71. The van der Waals surface area contributed by atoms with Crippen molar-refractivity contribution in [2.75, 3.05) is 6.61 Å². The lowest BCUT2D eigenvalue weighted by atomic mass is 9.77. The summed E-state index contributed by atoms with van der Waals surface area (Å²) in [7, 11) is 0. The summed E-state index contributed by atoms with van der Waals surface area (Å²) < 4.78 is 12.8. The zero-order valence-corrected chi connectivity index (χ0v) is 9.53. The fourth-order valence-electron chi connectivity index (χ4n) is 2.77. The van der Waals surface area contributed by atoms with E-state index in [1.807, 2.05) is 12.1 Å². The maximum atomic E-state index is 12.8. The first-order valence-electron chi connectivity index (χ1n) is 6.17. The summed E-state index contributed by atoms with van der Waals surface area (Å²) in [5.74, 6) is 0.564. The summed E-state index contributed by atoms with van der Waals surface area (Å²) in [5.41, 5.74) is 1.08. The van der Waals surface area contributed by atoms with E-state index in [0.29, 0.717) is 5.92 Å². The average molecular weight is 222 g/mol. The minimum absolute atomic E-state index is 0.177. The molecule has 2 heteroatoms. The van der Waals surface area contributed by atoms with Crippen LogP contribution in [-0.2, 0) is 0 Å². The zero-order chi connectivity index (χ0) is 11.4. The summed E-state index contributed by atoms with van der Waals surface area (Å²) in [6.07, 6.45) is 6.24. The molecule has 88 valence electrons. The summed E-state index contributed by atoms with van der Waals surface area (Å²) in [6, 6.07) is 6.59. The van der Waals surface area contributed by atoms with Crippen LogP contribution in [-0.4, -0.2) is 11.7 Å². The smallest absolute Gasteiger partial charge is 0.123 e. The van der Waals surface area contributed by atoms with Gasteiger partial charge in [-0.15, -0.1) is 0 Å². The quantitative estimate of drug-likeness (QED) is 0.830. The predicted octanol–water partition coefficient (Wildman–Crippen LogP) is 3.48. The number of aliphatic hydroxyl groups is 1. The van der Waals surface area contributed by atoms with Gasteiger partial charge in [0, 0.05) is 5.92 Å². The zero-order valence-electron chi connectivity index (χ0n) is 9.53. The van der Waals surface area contributed by atoms with E-state index in [1.165, 1.54) is 44.2 Å². The summed E-state index contributed by atoms with van der Waals surface area (Å²) >= 11 is 0. The highest BCUT2D eigenvalue weighted by Crippen LogP contribution is 2.35. The average Bonchev–Trinajstić information content (AvgIpc) is 2.34. The van der Waals surface area contributed by atoms with Crippen molar-refractivity contribution in [3.05, 3.63) is 35.6 Å². The number of halogens is 1. The van der Waals surface area contributed by atoms with Crippen LogP contribution in [0.2, 0.25) is 0 Å². The highest BCUT2D eigenvalue weighted by molar-refractivity contribution is 5.21. The van der Waals surface area contributed by atoms with Crippen molar-refractivity contribution in [1.82, 2.24) is 0 Å². The van der Waals surface area contributed by atoms with Gasteiger partial charge in [-0.2, -0.15) is 0 Å². The fraction of sp³-hybridized carbons (Fsp3) is 0.571. The summed E-state index contributed by atoms with van der Waals surface area (Å²) in [4.78, 5) is 0. The summed E-state index contributed by atoms with van der Waals surface area (Å²) in [5, 5.41) is 9.51. The largest absolute Gasteiger partial charge is 0.396 e. The lowest BCUT2D eigenvalue weighted by molar-refractivity contribution is 0.196. The second-order valence-electron chi connectivity index (χ2n) is 4.74. The van der Waals surface area contributed by atoms with E-state index >= 15 is 0 Å². The second-order valence-corrected chi connectivity index (χ2v) is 4.74. The molecular formula is C14H19FO. The van der Waals surface area contributed by atoms with Gasteiger partial charge < -0.3 is 5.11 Å². The molecule has 1 unspecified atom stereocenters. The van der Waals surface area contributed by atoms with Crippen molar-refractivity contribution in [3.63, 3.8) is 0 Å². The lowest BCUT2D eigenvalue weighted by Crippen LogP contribution is -2.19. The molecule has 0 radical (unpaired) electrons. The van der Waals surface area contributed by atoms with E-state index in [9.17, 15) is 9.50 Å². The van der Waals surface area contributed by atoms with Crippen molar-refractivity contribution in [3.8, 4) is 0 Å². The van der Waals surface area contributed by atoms with Crippen molar-refractivity contribution in [2.24, 2.45) is 5.92 Å². The van der Waals surface area contributed by atoms with Gasteiger partial charge in [-0.05, 0) is 36.5 Å². The molecule has 0 heterocycles. The molecule has 0 spiro atoms. The van der Waals surface area contributed by atoms with E-state index in [1.54, 1.807) is 0 Å². The van der Waals surface area contributed by atoms with Crippen LogP contribution in [0.15, 0.2) is 24.3 Å². The Morgan fingerprint density at radius 1 is 1.12 bits per heavy atom. The van der Waals surface area contributed by atoms with E-state index in [-0.39, 0.29) is 18.3 Å². The molecule has 0 saturated heterocycles. The van der Waals surface area contributed by atoms with Crippen LogP contribution in [0.3, 0.4) is 0 Å². The highest BCUT2D eigenvalue weighted by atomic mass is 19.1. The van der Waals surface area contributed by atoms with Crippen LogP contribution in [0.4, 0.5) is 4.39 Å². The SMILES string of the molecule is OCC(c1ccc(F)cc1)C1CCCCC1. The minimum atomic E-state index is -0.205. The van der Waals surface area contributed by atoms with E-state index in [4.69, 9.17) is 0 Å². The Kier molecular flexibility index (Phi) is 3.94. The normalized spacial score (nSPS) is 19.6. The van der Waals surface area contributed by atoms with Gasteiger partial charge in [-0.25, -0.2) is 4.39 Å². The summed E-state index contributed by atoms with van der Waals surface area (Å²) in [6.45, 7) is 0.177. The molecule has 1 saturated carbocycles. The van der Waals surface area contributed by atoms with E-state index in [0.717, 1.165) is 5.56 Å². The first kappa shape index (κ1) is 11.6. The highest BCUT2D eigenvalue weighted by Gasteiger charge is 2.24. The van der Waals surface area contributed by atoms with Crippen molar-refractivity contribution in [1.29, 1.82) is 0 Å². The Labute approximate surface area is 96.3 Å². The Balaban J connectivity index is 2.11. The van der Waals surface area contributed by atoms with Crippen LogP contribution in [0.1, 0.15) is 43.6 Å². The standard InChI is InChI=1S/C14H19FO/c15-13-8-6-12(7-9-13)14(10-16)11-4-2-1-3-5-11/h6-9,11,14,16H,1-5,10H2. The Morgan fingerprint density at radius 2 is 1.75 bits per heavy atom. The molecule has 0 amide bonds. The predicted molar refractivity (Wildman–Crippen MR) is 62.8 cm³/mol. The van der Waals surface area contributed by atoms with Crippen molar-refractivity contribution >= 4 is 0 Å². The number of rotatable bonds is 3. The number of benzene rings is 1. The van der Waals surface area contributed by atoms with Crippen LogP contribution < -0.4 is 0 Å². The molecule has 1 fully saturated rings. The first-order chi connectivity index (χ1) is 7.81. The van der Waals surface area contributed by atoms with Gasteiger partial charge >= 0.3 is 0 Å². The van der Waals surface area contributed by atoms with E-state index in [2.05, 4.69) is 0 Å². The molecule has 1 aromatic carbocycles. The Bertz CT molecular complexity index is 314. The number of aliphatic hydroxyl groups excluding tert-OH is 1. The molecule has 1 N–H and O–H groups in total. The van der Waals surface area contributed by atoms with Crippen LogP contribution in [0.5, 0.6) is 0 Å². The molecule has 0 aliphatic heterocycles. The molecule has 1 aromatic rings. The Morgan fingerprint density at radius 3 is 2.31 bits per heavy atom. The third kappa shape index (κ3) is 2.62. The minimum Gasteiger partial charge on any atom is -0.396 e. The maximum absolute atomic E-state index is 12.8. The van der Waals surface area contributed by atoms with Gasteiger partial charge in [0.2, 0.25) is 0 Å². The second kappa shape index (κ2) is 5.44. The van der Waals surface area contributed by atoms with Crippen LogP contribution in [0.25, 0.3) is 0 Å². The fourth-order valence-corrected chi connectivity index (χ4v) is 2.77. The molecule has 1 aliphatic rings. The van der Waals surface area contributed by atoms with Gasteiger partial charge in [0.1, 0.15) is 5.82 Å². The van der Waals surface area contributed by atoms with Crippen LogP contribution >= 0.6 is 0 Å². The molecule has 0 aromatic heterocycles. The number of hydrogen-bond donors (Lipinski definition) is 1. The van der Waals surface area contributed by atoms with Gasteiger partial charge in [-0.3, -0.25) is 0 Å². The first-order valence-corrected chi connectivity index (χ1v) is 6.17. The molecule has 1 nitrogen and oxygen atoms in total. The van der Waals surface area contributed by atoms with Crippen molar-refractivity contribution in [2.45, 2.75) is 38.0 Å². The molecular weight excluding hydrogens is 203 g/mol. The molecule has 0 bridgehead atoms. The molecule has 1 aliphatic carbocycles. The van der Waals surface area contributed by atoms with Gasteiger partial charge in [0.15, 0.2) is 0 Å². The monoisotopic (exact) mass is 222 g/mol. The molecule has 1 atom stereocenters. The third-order valence-electron chi connectivity index (χ3n) is 3.71. The Hall–Kier alpha value is -0.890. The van der Waals surface area contributed by atoms with Crippen LogP contribution in [0, 0.1) is 11.7 Å². The maximum Gasteiger partial charge on any atom is 0.123 e. The van der Waals surface area contributed by atoms with Crippen molar-refractivity contribution < 1.29 is 9.50 Å². The van der Waals surface area contributed by atoms with Gasteiger partial charge in [0.05, 0.1) is 6.61 Å². The van der Waals surface area contributed by atoms with Gasteiger partial charge in [0.25, 0.3) is 0 Å². The van der Waals surface area contributed by atoms with E-state index < -0.39 is 0 Å². The topological polar surface area (TPSA) is 20.2 Å².